The molecule has 2 fully saturated rings. The molecule has 0 saturated carbocycles. The van der Waals surface area contributed by atoms with Crippen LogP contribution in [0.1, 0.15) is 36.8 Å². The van der Waals surface area contributed by atoms with E-state index in [0.717, 1.165) is 64.7 Å². The lowest BCUT2D eigenvalue weighted by molar-refractivity contribution is -0.130. The molecule has 1 amide bonds. The van der Waals surface area contributed by atoms with Gasteiger partial charge < -0.3 is 14.5 Å². The lowest BCUT2D eigenvalue weighted by atomic mass is 10.0. The normalized spacial score (nSPS) is 18.3. The summed E-state index contributed by atoms with van der Waals surface area (Å²) in [5, 5.41) is 0. The van der Waals surface area contributed by atoms with E-state index in [1.807, 2.05) is 18.3 Å². The zero-order valence-corrected chi connectivity index (χ0v) is 17.1. The molecule has 0 atom stereocenters. The van der Waals surface area contributed by atoms with Gasteiger partial charge in [-0.15, -0.1) is 0 Å². The van der Waals surface area contributed by atoms with Crippen LogP contribution in [0.4, 0.5) is 0 Å². The number of pyridine rings is 1. The number of likely N-dealkylation sites (tertiary alicyclic amines) is 2. The van der Waals surface area contributed by atoms with Crippen LogP contribution in [0.15, 0.2) is 48.7 Å². The summed E-state index contributed by atoms with van der Waals surface area (Å²) in [5.41, 5.74) is 2.53. The minimum atomic E-state index is 0.362. The van der Waals surface area contributed by atoms with Gasteiger partial charge in [0.1, 0.15) is 0 Å². The van der Waals surface area contributed by atoms with Crippen LogP contribution in [0.2, 0.25) is 0 Å². The van der Waals surface area contributed by atoms with E-state index < -0.39 is 0 Å². The summed E-state index contributed by atoms with van der Waals surface area (Å²) in [6.45, 7) is 4.83. The van der Waals surface area contributed by atoms with Gasteiger partial charge in [-0.2, -0.15) is 0 Å². The molecule has 29 heavy (non-hydrogen) atoms. The van der Waals surface area contributed by atoms with Gasteiger partial charge in [-0.25, -0.2) is 4.98 Å². The first-order valence-electron chi connectivity index (χ1n) is 10.9. The highest BCUT2D eigenvalue weighted by molar-refractivity contribution is 5.78. The van der Waals surface area contributed by atoms with Crippen molar-refractivity contribution in [1.29, 1.82) is 0 Å². The van der Waals surface area contributed by atoms with Crippen molar-refractivity contribution in [2.75, 3.05) is 32.8 Å². The second-order valence-electron chi connectivity index (χ2n) is 8.10. The third-order valence-electron chi connectivity index (χ3n) is 6.11. The Hall–Kier alpha value is -2.40. The van der Waals surface area contributed by atoms with Crippen LogP contribution in [0.5, 0.6) is 5.88 Å². The number of piperidine rings is 1. The molecule has 5 nitrogen and oxygen atoms in total. The van der Waals surface area contributed by atoms with Gasteiger partial charge in [-0.05, 0) is 36.8 Å². The van der Waals surface area contributed by atoms with E-state index >= 15 is 0 Å². The van der Waals surface area contributed by atoms with Crippen molar-refractivity contribution in [3.8, 4) is 5.88 Å². The molecule has 3 heterocycles. The van der Waals surface area contributed by atoms with Crippen LogP contribution in [-0.4, -0.2) is 59.5 Å². The second kappa shape index (κ2) is 9.88. The number of carbonyl (C=O) groups excluding carboxylic acids is 1. The molecule has 2 aromatic rings. The third kappa shape index (κ3) is 5.57. The standard InChI is InChI=1S/C24H31N3O2/c28-24-7-4-14-27(24)22-11-16-26(17-12-22)15-10-21-8-9-23(25-19-21)29-18-13-20-5-2-1-3-6-20/h1-3,5-6,8-9,19,22H,4,7,10-18H2. The number of carbonyl (C=O) groups is 1. The van der Waals surface area contributed by atoms with Crippen LogP contribution >= 0.6 is 0 Å². The number of hydrogen-bond acceptors (Lipinski definition) is 4. The van der Waals surface area contributed by atoms with Crippen molar-refractivity contribution in [3.05, 3.63) is 59.8 Å². The molecular formula is C24H31N3O2. The SMILES string of the molecule is O=C1CCCN1C1CCN(CCc2ccc(OCCc3ccccc3)nc2)CC1. The van der Waals surface area contributed by atoms with E-state index in [4.69, 9.17) is 4.74 Å². The molecule has 0 bridgehead atoms. The molecule has 2 saturated heterocycles. The van der Waals surface area contributed by atoms with Gasteiger partial charge in [0.15, 0.2) is 0 Å². The van der Waals surface area contributed by atoms with Gasteiger partial charge in [0, 0.05) is 57.3 Å². The van der Waals surface area contributed by atoms with E-state index in [0.29, 0.717) is 24.4 Å². The number of ether oxygens (including phenoxy) is 1. The van der Waals surface area contributed by atoms with E-state index in [1.54, 1.807) is 0 Å². The maximum absolute atomic E-state index is 11.9. The summed E-state index contributed by atoms with van der Waals surface area (Å²) in [6.07, 6.45) is 7.84. The summed E-state index contributed by atoms with van der Waals surface area (Å²) in [4.78, 5) is 21.0. The summed E-state index contributed by atoms with van der Waals surface area (Å²) in [6, 6.07) is 14.9. The van der Waals surface area contributed by atoms with Gasteiger partial charge in [0.2, 0.25) is 11.8 Å². The Bertz CT molecular complexity index is 770. The van der Waals surface area contributed by atoms with Crippen molar-refractivity contribution >= 4 is 5.91 Å². The molecule has 0 N–H and O–H groups in total. The predicted molar refractivity (Wildman–Crippen MR) is 114 cm³/mol. The quantitative estimate of drug-likeness (QED) is 0.690. The smallest absolute Gasteiger partial charge is 0.222 e. The largest absolute Gasteiger partial charge is 0.477 e. The molecule has 0 radical (unpaired) electrons. The Kier molecular flexibility index (Phi) is 6.78. The summed E-state index contributed by atoms with van der Waals surface area (Å²) in [7, 11) is 0. The van der Waals surface area contributed by atoms with Crippen molar-refractivity contribution in [3.63, 3.8) is 0 Å². The number of nitrogens with zero attached hydrogens (tertiary/aromatic N) is 3. The zero-order chi connectivity index (χ0) is 19.9. The van der Waals surface area contributed by atoms with E-state index in [2.05, 4.69) is 45.1 Å². The molecular weight excluding hydrogens is 362 g/mol. The zero-order valence-electron chi connectivity index (χ0n) is 17.1. The molecule has 0 spiro atoms. The van der Waals surface area contributed by atoms with Crippen LogP contribution in [-0.2, 0) is 17.6 Å². The van der Waals surface area contributed by atoms with Crippen molar-refractivity contribution in [2.24, 2.45) is 0 Å². The molecule has 0 aliphatic carbocycles. The number of rotatable bonds is 8. The van der Waals surface area contributed by atoms with Gasteiger partial charge >= 0.3 is 0 Å². The molecule has 2 aliphatic heterocycles. The summed E-state index contributed by atoms with van der Waals surface area (Å²) >= 11 is 0. The maximum Gasteiger partial charge on any atom is 0.222 e. The maximum atomic E-state index is 11.9. The van der Waals surface area contributed by atoms with E-state index in [1.165, 1.54) is 11.1 Å². The van der Waals surface area contributed by atoms with E-state index in [9.17, 15) is 4.79 Å². The van der Waals surface area contributed by atoms with Gasteiger partial charge in [-0.3, -0.25) is 4.79 Å². The number of amides is 1. The highest BCUT2D eigenvalue weighted by Gasteiger charge is 2.30. The Balaban J connectivity index is 1.15. The Labute approximate surface area is 173 Å². The average molecular weight is 394 g/mol. The Morgan fingerprint density at radius 1 is 0.966 bits per heavy atom. The highest BCUT2D eigenvalue weighted by Crippen LogP contribution is 2.22. The fourth-order valence-corrected chi connectivity index (χ4v) is 4.36. The fourth-order valence-electron chi connectivity index (χ4n) is 4.36. The molecule has 0 unspecified atom stereocenters. The second-order valence-corrected chi connectivity index (χ2v) is 8.10. The molecule has 1 aromatic carbocycles. The van der Waals surface area contributed by atoms with Crippen LogP contribution in [0, 0.1) is 0 Å². The molecule has 5 heteroatoms. The van der Waals surface area contributed by atoms with Crippen molar-refractivity contribution in [1.82, 2.24) is 14.8 Å². The molecule has 154 valence electrons. The topological polar surface area (TPSA) is 45.7 Å². The number of aromatic nitrogens is 1. The predicted octanol–water partition coefficient (Wildman–Crippen LogP) is 3.33. The molecule has 1 aromatic heterocycles. The summed E-state index contributed by atoms with van der Waals surface area (Å²) < 4.78 is 5.77. The van der Waals surface area contributed by atoms with E-state index in [-0.39, 0.29) is 0 Å². The number of benzene rings is 1. The van der Waals surface area contributed by atoms with Crippen LogP contribution in [0.3, 0.4) is 0 Å². The van der Waals surface area contributed by atoms with Gasteiger partial charge in [0.05, 0.1) is 6.61 Å². The minimum Gasteiger partial charge on any atom is -0.477 e. The van der Waals surface area contributed by atoms with Crippen LogP contribution in [0.25, 0.3) is 0 Å². The first kappa shape index (κ1) is 19.9. The lowest BCUT2D eigenvalue weighted by Crippen LogP contribution is -2.45. The van der Waals surface area contributed by atoms with Crippen LogP contribution < -0.4 is 4.74 Å². The number of hydrogen-bond donors (Lipinski definition) is 0. The lowest BCUT2D eigenvalue weighted by Gasteiger charge is -2.36. The van der Waals surface area contributed by atoms with Crippen molar-refractivity contribution in [2.45, 2.75) is 44.6 Å². The average Bonchev–Trinajstić information content (AvgIpc) is 3.20. The monoisotopic (exact) mass is 393 g/mol. The molecule has 4 rings (SSSR count). The first-order chi connectivity index (χ1) is 14.3. The highest BCUT2D eigenvalue weighted by atomic mass is 16.5. The minimum absolute atomic E-state index is 0.362. The third-order valence-corrected chi connectivity index (χ3v) is 6.11. The fraction of sp³-hybridized carbons (Fsp3) is 0.500. The van der Waals surface area contributed by atoms with Crippen molar-refractivity contribution < 1.29 is 9.53 Å². The van der Waals surface area contributed by atoms with Gasteiger partial charge in [0.25, 0.3) is 0 Å². The first-order valence-corrected chi connectivity index (χ1v) is 10.9. The Morgan fingerprint density at radius 2 is 1.79 bits per heavy atom. The summed E-state index contributed by atoms with van der Waals surface area (Å²) in [5.74, 6) is 1.06. The van der Waals surface area contributed by atoms with Gasteiger partial charge in [-0.1, -0.05) is 36.4 Å². The molecule has 2 aliphatic rings. The Morgan fingerprint density at radius 3 is 2.48 bits per heavy atom.